The molecule has 0 aromatic carbocycles. The number of carbonyl (C=O) groups is 1. The van der Waals surface area contributed by atoms with Gasteiger partial charge in [-0.1, -0.05) is 11.6 Å². The number of pyridine rings is 1. The minimum atomic E-state index is -4.52. The molecule has 2 aromatic heterocycles. The third kappa shape index (κ3) is 3.79. The minimum absolute atomic E-state index is 0.103. The van der Waals surface area contributed by atoms with E-state index in [-0.39, 0.29) is 17.3 Å². The lowest BCUT2D eigenvalue weighted by Gasteiger charge is -2.23. The molecule has 0 fully saturated rings. The lowest BCUT2D eigenvalue weighted by molar-refractivity contribution is -0.138. The van der Waals surface area contributed by atoms with E-state index in [4.69, 9.17) is 11.6 Å². The Balaban J connectivity index is 2.08. The average Bonchev–Trinajstić information content (AvgIpc) is 2.99. The molecule has 0 aliphatic heterocycles. The second-order valence-corrected chi connectivity index (χ2v) is 5.64. The Bertz CT molecular complexity index is 700. The smallest absolute Gasteiger partial charge is 0.348 e. The van der Waals surface area contributed by atoms with Crippen molar-refractivity contribution < 1.29 is 18.0 Å². The summed E-state index contributed by atoms with van der Waals surface area (Å²) in [6, 6.07) is 0.776. The van der Waals surface area contributed by atoms with Crippen LogP contribution in [-0.4, -0.2) is 25.7 Å². The Hall–Kier alpha value is -2.16. The fourth-order valence-corrected chi connectivity index (χ4v) is 1.97. The second-order valence-electron chi connectivity index (χ2n) is 5.23. The first-order valence-corrected chi connectivity index (χ1v) is 6.85. The van der Waals surface area contributed by atoms with Crippen LogP contribution in [-0.2, 0) is 23.1 Å². The molecule has 1 amide bonds. The summed E-state index contributed by atoms with van der Waals surface area (Å²) >= 11 is 5.79. The molecule has 0 radical (unpaired) electrons. The van der Waals surface area contributed by atoms with E-state index in [2.05, 4.69) is 20.4 Å². The predicted molar refractivity (Wildman–Crippen MR) is 75.4 cm³/mol. The molecule has 0 aliphatic rings. The van der Waals surface area contributed by atoms with Gasteiger partial charge in [0.2, 0.25) is 5.91 Å². The fraction of sp³-hybridized carbons (Fsp3) is 0.385. The Kier molecular flexibility index (Phi) is 4.60. The van der Waals surface area contributed by atoms with Crippen molar-refractivity contribution in [1.29, 1.82) is 0 Å². The van der Waals surface area contributed by atoms with Gasteiger partial charge in [-0.3, -0.25) is 9.78 Å². The molecule has 2 aromatic rings. The van der Waals surface area contributed by atoms with E-state index in [0.717, 1.165) is 6.07 Å². The average molecular weight is 348 g/mol. The predicted octanol–water partition coefficient (Wildman–Crippen LogP) is 2.40. The lowest BCUT2D eigenvalue weighted by atomic mass is 10.1. The molecule has 23 heavy (non-hydrogen) atoms. The maximum Gasteiger partial charge on any atom is 0.417 e. The van der Waals surface area contributed by atoms with Gasteiger partial charge in [-0.2, -0.15) is 18.3 Å². The zero-order valence-electron chi connectivity index (χ0n) is 12.2. The number of rotatable bonds is 4. The Morgan fingerprint density at radius 3 is 2.61 bits per heavy atom. The van der Waals surface area contributed by atoms with Gasteiger partial charge in [0, 0.05) is 6.20 Å². The van der Waals surface area contributed by atoms with Gasteiger partial charge in [0.05, 0.1) is 22.8 Å². The van der Waals surface area contributed by atoms with Crippen molar-refractivity contribution in [1.82, 2.24) is 25.1 Å². The van der Waals surface area contributed by atoms with Gasteiger partial charge in [-0.15, -0.1) is 0 Å². The van der Waals surface area contributed by atoms with Crippen molar-refractivity contribution in [3.05, 3.63) is 41.2 Å². The number of alkyl halides is 3. The van der Waals surface area contributed by atoms with Crippen molar-refractivity contribution in [3.63, 3.8) is 0 Å². The normalized spacial score (nSPS) is 12.3. The van der Waals surface area contributed by atoms with Gasteiger partial charge < -0.3 is 5.32 Å². The van der Waals surface area contributed by atoms with Gasteiger partial charge in [0.15, 0.2) is 0 Å². The third-order valence-corrected chi connectivity index (χ3v) is 3.54. The lowest BCUT2D eigenvalue weighted by Crippen LogP contribution is -2.44. The van der Waals surface area contributed by atoms with Crippen LogP contribution < -0.4 is 5.32 Å². The summed E-state index contributed by atoms with van der Waals surface area (Å²) in [6.45, 7) is 3.14. The standard InChI is InChI=1S/C13H13ClF3N5O/c1-12(2,22-7-18-6-21-22)11(23)20-5-10-9(14)3-8(4-19-10)13(15,16)17/h3-4,6-7H,5H2,1-2H3,(H,20,23). The van der Waals surface area contributed by atoms with Crippen molar-refractivity contribution >= 4 is 17.5 Å². The number of halogens is 4. The van der Waals surface area contributed by atoms with Crippen LogP contribution in [0.1, 0.15) is 25.1 Å². The van der Waals surface area contributed by atoms with Crippen LogP contribution in [0, 0.1) is 0 Å². The Morgan fingerprint density at radius 2 is 2.09 bits per heavy atom. The molecule has 0 saturated carbocycles. The summed E-state index contributed by atoms with van der Waals surface area (Å²) in [7, 11) is 0. The van der Waals surface area contributed by atoms with Crippen molar-refractivity contribution in [2.45, 2.75) is 32.1 Å². The molecule has 2 heterocycles. The summed E-state index contributed by atoms with van der Waals surface area (Å²) in [5.74, 6) is -0.402. The quantitative estimate of drug-likeness (QED) is 0.921. The molecule has 0 spiro atoms. The highest BCUT2D eigenvalue weighted by molar-refractivity contribution is 6.31. The van der Waals surface area contributed by atoms with E-state index in [1.807, 2.05) is 0 Å². The van der Waals surface area contributed by atoms with Crippen LogP contribution in [0.5, 0.6) is 0 Å². The van der Waals surface area contributed by atoms with Crippen molar-refractivity contribution in [2.75, 3.05) is 0 Å². The van der Waals surface area contributed by atoms with Gasteiger partial charge >= 0.3 is 6.18 Å². The minimum Gasteiger partial charge on any atom is -0.348 e. The molecule has 0 atom stereocenters. The molecule has 1 N–H and O–H groups in total. The van der Waals surface area contributed by atoms with Crippen LogP contribution in [0.2, 0.25) is 5.02 Å². The van der Waals surface area contributed by atoms with Crippen LogP contribution >= 0.6 is 11.6 Å². The highest BCUT2D eigenvalue weighted by atomic mass is 35.5. The molecule has 124 valence electrons. The molecule has 6 nitrogen and oxygen atoms in total. The van der Waals surface area contributed by atoms with Crippen molar-refractivity contribution in [3.8, 4) is 0 Å². The molecule has 10 heteroatoms. The molecular formula is C13H13ClF3N5O. The zero-order valence-corrected chi connectivity index (χ0v) is 13.0. The summed E-state index contributed by atoms with van der Waals surface area (Å²) in [5.41, 5.74) is -1.82. The van der Waals surface area contributed by atoms with Gasteiger partial charge in [-0.25, -0.2) is 9.67 Å². The maximum atomic E-state index is 12.5. The first kappa shape index (κ1) is 17.2. The first-order valence-electron chi connectivity index (χ1n) is 6.47. The number of hydrogen-bond acceptors (Lipinski definition) is 4. The fourth-order valence-electron chi connectivity index (χ4n) is 1.73. The monoisotopic (exact) mass is 347 g/mol. The number of hydrogen-bond donors (Lipinski definition) is 1. The molecular weight excluding hydrogens is 335 g/mol. The third-order valence-electron chi connectivity index (χ3n) is 3.21. The topological polar surface area (TPSA) is 72.7 Å². The SMILES string of the molecule is CC(C)(C(=O)NCc1ncc(C(F)(F)F)cc1Cl)n1cncn1. The molecule has 2 rings (SSSR count). The van der Waals surface area contributed by atoms with Crippen molar-refractivity contribution in [2.24, 2.45) is 0 Å². The Morgan fingerprint density at radius 1 is 1.39 bits per heavy atom. The molecule has 0 bridgehead atoms. The highest BCUT2D eigenvalue weighted by Crippen LogP contribution is 2.31. The highest BCUT2D eigenvalue weighted by Gasteiger charge is 2.32. The summed E-state index contributed by atoms with van der Waals surface area (Å²) in [4.78, 5) is 19.7. The van der Waals surface area contributed by atoms with Crippen LogP contribution in [0.15, 0.2) is 24.9 Å². The van der Waals surface area contributed by atoms with Crippen LogP contribution in [0.3, 0.4) is 0 Å². The van der Waals surface area contributed by atoms with E-state index in [9.17, 15) is 18.0 Å². The van der Waals surface area contributed by atoms with E-state index in [0.29, 0.717) is 6.20 Å². The van der Waals surface area contributed by atoms with E-state index in [1.165, 1.54) is 17.3 Å². The van der Waals surface area contributed by atoms with Crippen LogP contribution in [0.4, 0.5) is 13.2 Å². The molecule has 0 aliphatic carbocycles. The number of nitrogens with zero attached hydrogens (tertiary/aromatic N) is 4. The van der Waals surface area contributed by atoms with E-state index < -0.39 is 23.2 Å². The molecule has 0 saturated heterocycles. The van der Waals surface area contributed by atoms with Gasteiger partial charge in [-0.05, 0) is 19.9 Å². The van der Waals surface area contributed by atoms with Gasteiger partial charge in [0.25, 0.3) is 0 Å². The Labute approximate surface area is 134 Å². The summed E-state index contributed by atoms with van der Waals surface area (Å²) in [6.07, 6.45) is -1.16. The number of aromatic nitrogens is 4. The second kappa shape index (κ2) is 6.15. The molecule has 0 unspecified atom stereocenters. The van der Waals surface area contributed by atoms with E-state index in [1.54, 1.807) is 13.8 Å². The summed E-state index contributed by atoms with van der Waals surface area (Å²) < 4.78 is 39.0. The number of amides is 1. The van der Waals surface area contributed by atoms with Crippen LogP contribution in [0.25, 0.3) is 0 Å². The summed E-state index contributed by atoms with van der Waals surface area (Å²) in [5, 5.41) is 6.30. The van der Waals surface area contributed by atoms with E-state index >= 15 is 0 Å². The largest absolute Gasteiger partial charge is 0.417 e. The number of nitrogens with one attached hydrogen (secondary N) is 1. The number of carbonyl (C=O) groups excluding carboxylic acids is 1. The van der Waals surface area contributed by atoms with Gasteiger partial charge in [0.1, 0.15) is 18.2 Å². The zero-order chi connectivity index (χ0) is 17.3. The maximum absolute atomic E-state index is 12.5. The first-order chi connectivity index (χ1) is 10.6.